The number of hydrogen-bond acceptors (Lipinski definition) is 5. The monoisotopic (exact) mass is 420 g/mol. The summed E-state index contributed by atoms with van der Waals surface area (Å²) in [5, 5.41) is 0.692. The van der Waals surface area contributed by atoms with E-state index < -0.39 is 0 Å². The second-order valence-corrected chi connectivity index (χ2v) is 8.16. The number of aromatic nitrogens is 1. The maximum Gasteiger partial charge on any atom is 0.233 e. The number of methoxy groups -OCH3 is 1. The number of ether oxygens (including phenoxy) is 1. The Kier molecular flexibility index (Phi) is 5.86. The van der Waals surface area contributed by atoms with Gasteiger partial charge in [0.2, 0.25) is 5.91 Å². The molecule has 0 bridgehead atoms. The molecule has 2 heterocycles. The lowest BCUT2D eigenvalue weighted by Crippen LogP contribution is -2.31. The van der Waals surface area contributed by atoms with Crippen LogP contribution in [0, 0.1) is 6.92 Å². The largest absolute Gasteiger partial charge is 0.496 e. The standard InChI is InChI=1S/C24H24N2O3S/c1-4-18-7-5-9-21-23(18)25-24(30-21)26(15-19-8-6-12-29-19)22(27)14-17-10-11-20(28-3)16(2)13-17/h5-13H,4,14-15H2,1-3H3. The van der Waals surface area contributed by atoms with E-state index in [4.69, 9.17) is 14.1 Å². The molecule has 2 aromatic carbocycles. The summed E-state index contributed by atoms with van der Waals surface area (Å²) in [7, 11) is 1.65. The lowest BCUT2D eigenvalue weighted by atomic mass is 10.1. The Bertz CT molecular complexity index is 1160. The van der Waals surface area contributed by atoms with Crippen LogP contribution in [0.1, 0.15) is 29.4 Å². The van der Waals surface area contributed by atoms with Crippen LogP contribution in [-0.4, -0.2) is 18.0 Å². The van der Waals surface area contributed by atoms with Crippen molar-refractivity contribution in [1.29, 1.82) is 0 Å². The number of aryl methyl sites for hydroxylation is 2. The van der Waals surface area contributed by atoms with Crippen molar-refractivity contribution in [1.82, 2.24) is 4.98 Å². The minimum atomic E-state index is -0.0203. The number of carbonyl (C=O) groups is 1. The van der Waals surface area contributed by atoms with Gasteiger partial charge in [0.15, 0.2) is 5.13 Å². The summed E-state index contributed by atoms with van der Waals surface area (Å²) >= 11 is 1.54. The van der Waals surface area contributed by atoms with E-state index in [9.17, 15) is 4.79 Å². The van der Waals surface area contributed by atoms with E-state index in [0.717, 1.165) is 39.3 Å². The van der Waals surface area contributed by atoms with Crippen LogP contribution in [0.5, 0.6) is 5.75 Å². The Morgan fingerprint density at radius 1 is 1.20 bits per heavy atom. The molecule has 0 saturated heterocycles. The molecule has 0 aliphatic carbocycles. The van der Waals surface area contributed by atoms with Gasteiger partial charge in [0.05, 0.1) is 36.6 Å². The van der Waals surface area contributed by atoms with Crippen LogP contribution in [0.25, 0.3) is 10.2 Å². The molecule has 0 radical (unpaired) electrons. The molecule has 30 heavy (non-hydrogen) atoms. The Morgan fingerprint density at radius 2 is 2.07 bits per heavy atom. The predicted molar refractivity (Wildman–Crippen MR) is 120 cm³/mol. The second-order valence-electron chi connectivity index (χ2n) is 7.15. The molecule has 0 saturated carbocycles. The van der Waals surface area contributed by atoms with Crippen LogP contribution >= 0.6 is 11.3 Å². The van der Waals surface area contributed by atoms with E-state index in [1.807, 2.05) is 43.3 Å². The summed E-state index contributed by atoms with van der Waals surface area (Å²) in [6.45, 7) is 4.45. The molecule has 0 unspecified atom stereocenters. The van der Waals surface area contributed by atoms with Crippen LogP contribution < -0.4 is 9.64 Å². The average molecular weight is 421 g/mol. The fraction of sp³-hybridized carbons (Fsp3) is 0.250. The Labute approximate surface area is 179 Å². The minimum Gasteiger partial charge on any atom is -0.496 e. The van der Waals surface area contributed by atoms with Gasteiger partial charge >= 0.3 is 0 Å². The van der Waals surface area contributed by atoms with Gasteiger partial charge in [0.1, 0.15) is 11.5 Å². The summed E-state index contributed by atoms with van der Waals surface area (Å²) in [4.78, 5) is 19.9. The molecule has 4 rings (SSSR count). The molecule has 0 spiro atoms. The summed E-state index contributed by atoms with van der Waals surface area (Å²) in [6.07, 6.45) is 2.80. The average Bonchev–Trinajstić information content (AvgIpc) is 3.41. The lowest BCUT2D eigenvalue weighted by molar-refractivity contribution is -0.118. The quantitative estimate of drug-likeness (QED) is 0.394. The van der Waals surface area contributed by atoms with Crippen molar-refractivity contribution >= 4 is 32.6 Å². The first-order valence-electron chi connectivity index (χ1n) is 9.93. The molecule has 0 atom stereocenters. The van der Waals surface area contributed by atoms with E-state index in [1.165, 1.54) is 16.9 Å². The molecule has 0 aliphatic rings. The second kappa shape index (κ2) is 8.71. The zero-order valence-electron chi connectivity index (χ0n) is 17.3. The maximum atomic E-state index is 13.4. The number of amides is 1. The van der Waals surface area contributed by atoms with Crippen molar-refractivity contribution in [2.75, 3.05) is 12.0 Å². The fourth-order valence-corrected chi connectivity index (χ4v) is 4.57. The number of para-hydroxylation sites is 1. The van der Waals surface area contributed by atoms with E-state index in [2.05, 4.69) is 19.1 Å². The van der Waals surface area contributed by atoms with Crippen molar-refractivity contribution in [2.24, 2.45) is 0 Å². The number of nitrogens with zero attached hydrogens (tertiary/aromatic N) is 2. The first-order chi connectivity index (χ1) is 14.6. The molecule has 154 valence electrons. The van der Waals surface area contributed by atoms with Crippen LogP contribution in [0.3, 0.4) is 0 Å². The highest BCUT2D eigenvalue weighted by molar-refractivity contribution is 7.22. The first kappa shape index (κ1) is 20.2. The number of thiazole rings is 1. The molecular weight excluding hydrogens is 396 g/mol. The number of benzene rings is 2. The first-order valence-corrected chi connectivity index (χ1v) is 10.8. The Hall–Kier alpha value is -3.12. The zero-order valence-corrected chi connectivity index (χ0v) is 18.2. The van der Waals surface area contributed by atoms with Gasteiger partial charge in [-0.05, 0) is 54.3 Å². The predicted octanol–water partition coefficient (Wildman–Crippen LogP) is 5.54. The van der Waals surface area contributed by atoms with Crippen LogP contribution in [-0.2, 0) is 24.2 Å². The SMILES string of the molecule is CCc1cccc2sc(N(Cc3ccco3)C(=O)Cc3ccc(OC)c(C)c3)nc12. The number of anilines is 1. The summed E-state index contributed by atoms with van der Waals surface area (Å²) in [5.41, 5.74) is 4.11. The molecule has 4 aromatic rings. The summed E-state index contributed by atoms with van der Waals surface area (Å²) < 4.78 is 11.9. The molecule has 5 nitrogen and oxygen atoms in total. The van der Waals surface area contributed by atoms with Crippen molar-refractivity contribution in [3.8, 4) is 5.75 Å². The smallest absolute Gasteiger partial charge is 0.233 e. The van der Waals surface area contributed by atoms with Gasteiger partial charge in [-0.3, -0.25) is 9.69 Å². The van der Waals surface area contributed by atoms with Gasteiger partial charge in [-0.25, -0.2) is 4.98 Å². The summed E-state index contributed by atoms with van der Waals surface area (Å²) in [5.74, 6) is 1.52. The van der Waals surface area contributed by atoms with Gasteiger partial charge in [-0.1, -0.05) is 42.5 Å². The molecule has 2 aromatic heterocycles. The van der Waals surface area contributed by atoms with Crippen molar-refractivity contribution in [3.63, 3.8) is 0 Å². The molecule has 1 amide bonds. The normalized spacial score (nSPS) is 11.0. The highest BCUT2D eigenvalue weighted by Crippen LogP contribution is 2.32. The number of furan rings is 1. The van der Waals surface area contributed by atoms with E-state index in [1.54, 1.807) is 18.3 Å². The van der Waals surface area contributed by atoms with E-state index >= 15 is 0 Å². The van der Waals surface area contributed by atoms with Gasteiger partial charge < -0.3 is 9.15 Å². The third-order valence-corrected chi connectivity index (χ3v) is 6.16. The summed E-state index contributed by atoms with van der Waals surface area (Å²) in [6, 6.07) is 15.7. The fourth-order valence-electron chi connectivity index (χ4n) is 3.54. The molecule has 6 heteroatoms. The van der Waals surface area contributed by atoms with Crippen molar-refractivity contribution in [3.05, 3.63) is 77.2 Å². The lowest BCUT2D eigenvalue weighted by Gasteiger charge is -2.19. The van der Waals surface area contributed by atoms with Gasteiger partial charge in [-0.2, -0.15) is 0 Å². The van der Waals surface area contributed by atoms with Gasteiger partial charge in [-0.15, -0.1) is 0 Å². The third kappa shape index (κ3) is 4.09. The highest BCUT2D eigenvalue weighted by Gasteiger charge is 2.22. The van der Waals surface area contributed by atoms with Gasteiger partial charge in [0, 0.05) is 0 Å². The van der Waals surface area contributed by atoms with Gasteiger partial charge in [0.25, 0.3) is 0 Å². The van der Waals surface area contributed by atoms with E-state index in [0.29, 0.717) is 11.7 Å². The topological polar surface area (TPSA) is 55.6 Å². The molecule has 0 fully saturated rings. The number of fused-ring (bicyclic) bond motifs is 1. The number of carbonyl (C=O) groups excluding carboxylic acids is 1. The zero-order chi connectivity index (χ0) is 21.1. The number of rotatable bonds is 7. The van der Waals surface area contributed by atoms with E-state index in [-0.39, 0.29) is 12.3 Å². The third-order valence-electron chi connectivity index (χ3n) is 5.11. The van der Waals surface area contributed by atoms with Crippen molar-refractivity contribution < 1.29 is 13.9 Å². The molecular formula is C24H24N2O3S. The maximum absolute atomic E-state index is 13.4. The minimum absolute atomic E-state index is 0.0203. The Balaban J connectivity index is 1.67. The number of hydrogen-bond donors (Lipinski definition) is 0. The Morgan fingerprint density at radius 3 is 2.77 bits per heavy atom. The molecule has 0 aliphatic heterocycles. The van der Waals surface area contributed by atoms with Crippen molar-refractivity contribution in [2.45, 2.75) is 33.2 Å². The molecule has 0 N–H and O–H groups in total. The van der Waals surface area contributed by atoms with Crippen LogP contribution in [0.4, 0.5) is 5.13 Å². The highest BCUT2D eigenvalue weighted by atomic mass is 32.1. The van der Waals surface area contributed by atoms with Crippen LogP contribution in [0.15, 0.2) is 59.2 Å². The van der Waals surface area contributed by atoms with Crippen LogP contribution in [0.2, 0.25) is 0 Å².